The first-order valence-corrected chi connectivity index (χ1v) is 7.62. The van der Waals surface area contributed by atoms with Crippen LogP contribution in [0.15, 0.2) is 0 Å². The van der Waals surface area contributed by atoms with Crippen molar-refractivity contribution >= 4 is 6.09 Å². The van der Waals surface area contributed by atoms with E-state index in [0.29, 0.717) is 25.0 Å². The number of hydrogen-bond donors (Lipinski definition) is 1. The molecule has 2 atom stereocenters. The lowest BCUT2D eigenvalue weighted by atomic mass is 10.0. The Labute approximate surface area is 123 Å². The number of hydrogen-bond acceptors (Lipinski definition) is 4. The van der Waals surface area contributed by atoms with Crippen molar-refractivity contribution in [1.29, 1.82) is 0 Å². The Morgan fingerprint density at radius 3 is 2.70 bits per heavy atom. The molecule has 1 saturated heterocycles. The van der Waals surface area contributed by atoms with Gasteiger partial charge in [0.05, 0.1) is 6.61 Å². The van der Waals surface area contributed by atoms with E-state index in [2.05, 4.69) is 12.2 Å². The molecule has 0 aliphatic carbocycles. The van der Waals surface area contributed by atoms with Gasteiger partial charge in [0, 0.05) is 32.3 Å². The van der Waals surface area contributed by atoms with E-state index in [-0.39, 0.29) is 6.09 Å². The molecule has 1 heterocycles. The molecule has 1 amide bonds. The smallest absolute Gasteiger partial charge is 0.410 e. The standard InChI is InChI=1S/C15H30N2O3/c1-6-17(14(18)20-15(3,4)5)9-8-16-12(2)13-7-10-19-11-13/h12-13,16H,6-11H2,1-5H3. The maximum Gasteiger partial charge on any atom is 0.410 e. The van der Waals surface area contributed by atoms with Gasteiger partial charge < -0.3 is 19.7 Å². The number of amides is 1. The lowest BCUT2D eigenvalue weighted by Crippen LogP contribution is -2.43. The van der Waals surface area contributed by atoms with E-state index in [1.54, 1.807) is 4.90 Å². The summed E-state index contributed by atoms with van der Waals surface area (Å²) in [5, 5.41) is 3.48. The van der Waals surface area contributed by atoms with Crippen LogP contribution in [0, 0.1) is 5.92 Å². The van der Waals surface area contributed by atoms with Gasteiger partial charge in [-0.25, -0.2) is 4.79 Å². The first kappa shape index (κ1) is 17.2. The molecule has 0 aromatic heterocycles. The van der Waals surface area contributed by atoms with Crippen LogP contribution < -0.4 is 5.32 Å². The second-order valence-corrected chi connectivity index (χ2v) is 6.43. The Hall–Kier alpha value is -0.810. The lowest BCUT2D eigenvalue weighted by Gasteiger charge is -2.27. The van der Waals surface area contributed by atoms with Crippen molar-refractivity contribution in [2.75, 3.05) is 32.8 Å². The van der Waals surface area contributed by atoms with Gasteiger partial charge in [-0.3, -0.25) is 0 Å². The van der Waals surface area contributed by atoms with E-state index in [1.165, 1.54) is 0 Å². The molecule has 2 unspecified atom stereocenters. The van der Waals surface area contributed by atoms with Crippen molar-refractivity contribution in [3.63, 3.8) is 0 Å². The van der Waals surface area contributed by atoms with Gasteiger partial charge in [0.2, 0.25) is 0 Å². The average molecular weight is 286 g/mol. The molecule has 1 aliphatic heterocycles. The van der Waals surface area contributed by atoms with Crippen molar-refractivity contribution in [2.24, 2.45) is 5.92 Å². The van der Waals surface area contributed by atoms with E-state index >= 15 is 0 Å². The number of carbonyl (C=O) groups excluding carboxylic acids is 1. The van der Waals surface area contributed by atoms with Crippen molar-refractivity contribution in [1.82, 2.24) is 10.2 Å². The van der Waals surface area contributed by atoms with Crippen LogP contribution in [0.1, 0.15) is 41.0 Å². The van der Waals surface area contributed by atoms with Gasteiger partial charge in [-0.1, -0.05) is 0 Å². The Bertz CT molecular complexity index is 296. The third kappa shape index (κ3) is 6.09. The minimum absolute atomic E-state index is 0.237. The summed E-state index contributed by atoms with van der Waals surface area (Å²) in [6, 6.07) is 0.426. The molecule has 0 aromatic carbocycles. The van der Waals surface area contributed by atoms with E-state index in [0.717, 1.165) is 26.2 Å². The largest absolute Gasteiger partial charge is 0.444 e. The normalized spacial score (nSPS) is 20.8. The van der Waals surface area contributed by atoms with E-state index < -0.39 is 5.60 Å². The minimum atomic E-state index is -0.438. The van der Waals surface area contributed by atoms with Crippen molar-refractivity contribution in [2.45, 2.75) is 52.7 Å². The zero-order valence-corrected chi connectivity index (χ0v) is 13.6. The van der Waals surface area contributed by atoms with Crippen LogP contribution in [0.25, 0.3) is 0 Å². The van der Waals surface area contributed by atoms with Crippen LogP contribution in [0.2, 0.25) is 0 Å². The maximum atomic E-state index is 12.0. The zero-order chi connectivity index (χ0) is 15.2. The zero-order valence-electron chi connectivity index (χ0n) is 13.6. The molecule has 1 rings (SSSR count). The Morgan fingerprint density at radius 2 is 2.20 bits per heavy atom. The fourth-order valence-electron chi connectivity index (χ4n) is 2.25. The molecule has 5 heteroatoms. The van der Waals surface area contributed by atoms with Gasteiger partial charge in [0.25, 0.3) is 0 Å². The molecule has 118 valence electrons. The molecule has 5 nitrogen and oxygen atoms in total. The molecule has 0 radical (unpaired) electrons. The van der Waals surface area contributed by atoms with Crippen LogP contribution in [0.4, 0.5) is 4.79 Å². The maximum absolute atomic E-state index is 12.0. The van der Waals surface area contributed by atoms with Crippen LogP contribution in [-0.4, -0.2) is 55.5 Å². The van der Waals surface area contributed by atoms with Gasteiger partial charge in [-0.05, 0) is 47.0 Å². The van der Waals surface area contributed by atoms with Crippen molar-refractivity contribution in [3.8, 4) is 0 Å². The van der Waals surface area contributed by atoms with Gasteiger partial charge >= 0.3 is 6.09 Å². The van der Waals surface area contributed by atoms with Gasteiger partial charge in [0.1, 0.15) is 5.60 Å². The van der Waals surface area contributed by atoms with Crippen molar-refractivity contribution in [3.05, 3.63) is 0 Å². The second-order valence-electron chi connectivity index (χ2n) is 6.43. The first-order valence-electron chi connectivity index (χ1n) is 7.62. The highest BCUT2D eigenvalue weighted by Crippen LogP contribution is 2.16. The third-order valence-electron chi connectivity index (χ3n) is 3.55. The topological polar surface area (TPSA) is 50.8 Å². The number of nitrogens with one attached hydrogen (secondary N) is 1. The first-order chi connectivity index (χ1) is 9.33. The molecular formula is C15H30N2O3. The molecule has 1 N–H and O–H groups in total. The number of nitrogens with zero attached hydrogens (tertiary/aromatic N) is 1. The molecule has 0 bridgehead atoms. The van der Waals surface area contributed by atoms with E-state index in [1.807, 2.05) is 27.7 Å². The predicted molar refractivity (Wildman–Crippen MR) is 79.9 cm³/mol. The van der Waals surface area contributed by atoms with Gasteiger partial charge in [-0.15, -0.1) is 0 Å². The summed E-state index contributed by atoms with van der Waals surface area (Å²) < 4.78 is 10.8. The van der Waals surface area contributed by atoms with E-state index in [9.17, 15) is 4.79 Å². The summed E-state index contributed by atoms with van der Waals surface area (Å²) in [4.78, 5) is 13.7. The van der Waals surface area contributed by atoms with Crippen LogP contribution >= 0.6 is 0 Å². The summed E-state index contributed by atoms with van der Waals surface area (Å²) in [5.74, 6) is 0.589. The number of carbonyl (C=O) groups is 1. The SMILES string of the molecule is CCN(CCNC(C)C1CCOC1)C(=O)OC(C)(C)C. The fourth-order valence-corrected chi connectivity index (χ4v) is 2.25. The van der Waals surface area contributed by atoms with Gasteiger partial charge in [-0.2, -0.15) is 0 Å². The summed E-state index contributed by atoms with van der Waals surface area (Å²) >= 11 is 0. The van der Waals surface area contributed by atoms with E-state index in [4.69, 9.17) is 9.47 Å². The average Bonchev–Trinajstić information content (AvgIpc) is 2.85. The molecule has 20 heavy (non-hydrogen) atoms. The lowest BCUT2D eigenvalue weighted by molar-refractivity contribution is 0.0260. The molecule has 1 aliphatic rings. The summed E-state index contributed by atoms with van der Waals surface area (Å²) in [6.45, 7) is 13.7. The summed E-state index contributed by atoms with van der Waals surface area (Å²) in [6.07, 6.45) is 0.885. The second kappa shape index (κ2) is 7.84. The number of likely N-dealkylation sites (N-methyl/N-ethyl adjacent to an activating group) is 1. The number of ether oxygens (including phenoxy) is 2. The summed E-state index contributed by atoms with van der Waals surface area (Å²) in [5.41, 5.74) is -0.438. The Kier molecular flexibility index (Phi) is 6.76. The fraction of sp³-hybridized carbons (Fsp3) is 0.933. The minimum Gasteiger partial charge on any atom is -0.444 e. The molecule has 0 aromatic rings. The van der Waals surface area contributed by atoms with Gasteiger partial charge in [0.15, 0.2) is 0 Å². The predicted octanol–water partition coefficient (Wildman–Crippen LogP) is 2.26. The Balaban J connectivity index is 2.28. The third-order valence-corrected chi connectivity index (χ3v) is 3.55. The highest BCUT2D eigenvalue weighted by Gasteiger charge is 2.23. The van der Waals surface area contributed by atoms with Crippen molar-refractivity contribution < 1.29 is 14.3 Å². The Morgan fingerprint density at radius 1 is 1.50 bits per heavy atom. The highest BCUT2D eigenvalue weighted by atomic mass is 16.6. The van der Waals surface area contributed by atoms with Crippen LogP contribution in [0.5, 0.6) is 0 Å². The van der Waals surface area contributed by atoms with Crippen LogP contribution in [0.3, 0.4) is 0 Å². The van der Waals surface area contributed by atoms with Crippen LogP contribution in [-0.2, 0) is 9.47 Å². The molecular weight excluding hydrogens is 256 g/mol. The summed E-state index contributed by atoms with van der Waals surface area (Å²) in [7, 11) is 0. The quantitative estimate of drug-likeness (QED) is 0.813. The highest BCUT2D eigenvalue weighted by molar-refractivity contribution is 5.68. The monoisotopic (exact) mass is 286 g/mol. The number of rotatable bonds is 6. The molecule has 1 fully saturated rings. The molecule has 0 spiro atoms. The molecule has 0 saturated carbocycles.